The van der Waals surface area contributed by atoms with Gasteiger partial charge in [-0.2, -0.15) is 0 Å². The van der Waals surface area contributed by atoms with E-state index in [1.807, 2.05) is 32.9 Å². The van der Waals surface area contributed by atoms with E-state index in [9.17, 15) is 4.79 Å². The number of hydrogen-bond donors (Lipinski definition) is 1. The van der Waals surface area contributed by atoms with Gasteiger partial charge in [0.15, 0.2) is 11.5 Å². The molecule has 1 aliphatic carbocycles. The highest BCUT2D eigenvalue weighted by Crippen LogP contribution is 2.42. The van der Waals surface area contributed by atoms with Gasteiger partial charge in [-0.1, -0.05) is 36.6 Å². The van der Waals surface area contributed by atoms with Crippen LogP contribution in [0, 0.1) is 0 Å². The van der Waals surface area contributed by atoms with Crippen LogP contribution in [0.1, 0.15) is 62.4 Å². The maximum absolute atomic E-state index is 13.1. The fourth-order valence-corrected chi connectivity index (χ4v) is 4.42. The van der Waals surface area contributed by atoms with Gasteiger partial charge in [0.05, 0.1) is 19.8 Å². The summed E-state index contributed by atoms with van der Waals surface area (Å²) in [5, 5.41) is 3.89. The second-order valence-corrected chi connectivity index (χ2v) is 8.21. The average Bonchev–Trinajstić information content (AvgIpc) is 3.25. The van der Waals surface area contributed by atoms with Crippen LogP contribution in [-0.4, -0.2) is 32.3 Å². The molecule has 0 heterocycles. The minimum absolute atomic E-state index is 0.0585. The summed E-state index contributed by atoms with van der Waals surface area (Å²) in [6, 6.07) is 11.5. The van der Waals surface area contributed by atoms with Gasteiger partial charge >= 0.3 is 0 Å². The molecule has 3 rings (SSSR count). The van der Waals surface area contributed by atoms with Crippen molar-refractivity contribution in [3.8, 4) is 17.2 Å². The van der Waals surface area contributed by atoms with Crippen LogP contribution in [0.3, 0.4) is 0 Å². The summed E-state index contributed by atoms with van der Waals surface area (Å²) in [5.74, 6) is 1.43. The third-order valence-electron chi connectivity index (χ3n) is 5.78. The molecule has 0 aliphatic heterocycles. The molecule has 1 aliphatic rings. The van der Waals surface area contributed by atoms with Crippen molar-refractivity contribution in [2.75, 3.05) is 26.4 Å². The highest BCUT2D eigenvalue weighted by atomic mass is 35.5. The van der Waals surface area contributed by atoms with Gasteiger partial charge in [0.1, 0.15) is 0 Å². The number of carbonyl (C=O) groups is 1. The van der Waals surface area contributed by atoms with Crippen LogP contribution in [0.15, 0.2) is 36.4 Å². The molecule has 0 unspecified atom stereocenters. The molecule has 6 heteroatoms. The molecule has 0 radical (unpaired) electrons. The fraction of sp³-hybridized carbons (Fsp3) is 0.480. The molecular weight excluding hydrogens is 414 g/mol. The number of halogens is 1. The lowest BCUT2D eigenvalue weighted by atomic mass is 9.79. The molecule has 168 valence electrons. The number of carbonyl (C=O) groups excluding carboxylic acids is 1. The Morgan fingerprint density at radius 3 is 2.00 bits per heavy atom. The number of benzene rings is 2. The zero-order valence-corrected chi connectivity index (χ0v) is 19.4. The van der Waals surface area contributed by atoms with Gasteiger partial charge in [-0.15, -0.1) is 0 Å². The summed E-state index contributed by atoms with van der Waals surface area (Å²) < 4.78 is 17.2. The van der Waals surface area contributed by atoms with Gasteiger partial charge in [0.2, 0.25) is 5.75 Å². The zero-order valence-electron chi connectivity index (χ0n) is 18.6. The predicted molar refractivity (Wildman–Crippen MR) is 124 cm³/mol. The first-order chi connectivity index (χ1) is 15.0. The smallest absolute Gasteiger partial charge is 0.251 e. The summed E-state index contributed by atoms with van der Waals surface area (Å²) in [6.45, 7) is 7.71. The second-order valence-electron chi connectivity index (χ2n) is 7.78. The van der Waals surface area contributed by atoms with Gasteiger partial charge in [-0.25, -0.2) is 0 Å². The Morgan fingerprint density at radius 2 is 1.48 bits per heavy atom. The molecule has 0 saturated heterocycles. The number of ether oxygens (including phenoxy) is 3. The number of rotatable bonds is 10. The van der Waals surface area contributed by atoms with E-state index in [4.69, 9.17) is 25.8 Å². The topological polar surface area (TPSA) is 56.8 Å². The SMILES string of the molecule is CCOc1cc(C(=O)NCC2(c3ccc(Cl)cc3)CCCC2)cc(OCC)c1OCC. The molecule has 1 saturated carbocycles. The van der Waals surface area contributed by atoms with Crippen LogP contribution in [0.5, 0.6) is 17.2 Å². The number of amides is 1. The van der Waals surface area contributed by atoms with Crippen molar-refractivity contribution >= 4 is 17.5 Å². The molecule has 0 spiro atoms. The standard InChI is InChI=1S/C25H32ClNO4/c1-4-29-21-15-18(16-22(30-5-2)23(21)31-6-3)24(28)27-17-25(13-7-8-14-25)19-9-11-20(26)12-10-19/h9-12,15-16H,4-8,13-14,17H2,1-3H3,(H,27,28). The van der Waals surface area contributed by atoms with Crippen LogP contribution in [-0.2, 0) is 5.41 Å². The van der Waals surface area contributed by atoms with Crippen molar-refractivity contribution in [2.45, 2.75) is 51.9 Å². The summed E-state index contributed by atoms with van der Waals surface area (Å²) in [5.41, 5.74) is 1.67. The van der Waals surface area contributed by atoms with E-state index in [-0.39, 0.29) is 11.3 Å². The molecule has 1 N–H and O–H groups in total. The summed E-state index contributed by atoms with van der Waals surface area (Å²) in [4.78, 5) is 13.1. The minimum atomic E-state index is -0.148. The Bertz CT molecular complexity index is 849. The van der Waals surface area contributed by atoms with Gasteiger partial charge in [0.25, 0.3) is 5.91 Å². The minimum Gasteiger partial charge on any atom is -0.490 e. The molecule has 2 aromatic rings. The van der Waals surface area contributed by atoms with Crippen molar-refractivity contribution in [3.05, 3.63) is 52.5 Å². The lowest BCUT2D eigenvalue weighted by Crippen LogP contribution is -2.39. The van der Waals surface area contributed by atoms with E-state index < -0.39 is 0 Å². The van der Waals surface area contributed by atoms with Crippen molar-refractivity contribution in [1.29, 1.82) is 0 Å². The van der Waals surface area contributed by atoms with Crippen molar-refractivity contribution in [1.82, 2.24) is 5.32 Å². The molecule has 1 fully saturated rings. The summed E-state index contributed by atoms with van der Waals surface area (Å²) >= 11 is 6.08. The van der Waals surface area contributed by atoms with Gasteiger partial charge < -0.3 is 19.5 Å². The quantitative estimate of drug-likeness (QED) is 0.503. The van der Waals surface area contributed by atoms with Crippen molar-refractivity contribution in [2.24, 2.45) is 0 Å². The van der Waals surface area contributed by atoms with Crippen LogP contribution < -0.4 is 19.5 Å². The molecule has 1 amide bonds. The van der Waals surface area contributed by atoms with Crippen LogP contribution in [0.25, 0.3) is 0 Å². The number of nitrogens with one attached hydrogen (secondary N) is 1. The van der Waals surface area contributed by atoms with E-state index in [1.165, 1.54) is 5.56 Å². The first-order valence-corrected chi connectivity index (χ1v) is 11.5. The lowest BCUT2D eigenvalue weighted by Gasteiger charge is -2.30. The highest BCUT2D eigenvalue weighted by Gasteiger charge is 2.36. The number of hydrogen-bond acceptors (Lipinski definition) is 4. The third kappa shape index (κ3) is 5.45. The maximum Gasteiger partial charge on any atom is 0.251 e. The van der Waals surface area contributed by atoms with Crippen LogP contribution in [0.4, 0.5) is 0 Å². The first kappa shape index (κ1) is 23.3. The zero-order chi connectivity index (χ0) is 22.3. The third-order valence-corrected chi connectivity index (χ3v) is 6.03. The van der Waals surface area contributed by atoms with E-state index >= 15 is 0 Å². The lowest BCUT2D eigenvalue weighted by molar-refractivity contribution is 0.0942. The van der Waals surface area contributed by atoms with E-state index in [2.05, 4.69) is 17.4 Å². The Labute approximate surface area is 190 Å². The monoisotopic (exact) mass is 445 g/mol. The fourth-order valence-electron chi connectivity index (χ4n) is 4.29. The Kier molecular flexibility index (Phi) is 8.08. The Balaban J connectivity index is 1.83. The van der Waals surface area contributed by atoms with Crippen molar-refractivity contribution < 1.29 is 19.0 Å². The van der Waals surface area contributed by atoms with Gasteiger partial charge in [-0.05, 0) is 63.4 Å². The highest BCUT2D eigenvalue weighted by molar-refractivity contribution is 6.30. The van der Waals surface area contributed by atoms with Crippen LogP contribution in [0.2, 0.25) is 5.02 Å². The van der Waals surface area contributed by atoms with Crippen LogP contribution >= 0.6 is 11.6 Å². The van der Waals surface area contributed by atoms with Crippen molar-refractivity contribution in [3.63, 3.8) is 0 Å². The molecule has 0 bridgehead atoms. The normalized spacial score (nSPS) is 14.8. The van der Waals surface area contributed by atoms with E-state index in [0.29, 0.717) is 49.2 Å². The molecule has 0 aromatic heterocycles. The van der Waals surface area contributed by atoms with E-state index in [0.717, 1.165) is 30.7 Å². The second kappa shape index (κ2) is 10.8. The van der Waals surface area contributed by atoms with Gasteiger partial charge in [0, 0.05) is 22.5 Å². The summed E-state index contributed by atoms with van der Waals surface area (Å²) in [6.07, 6.45) is 4.41. The first-order valence-electron chi connectivity index (χ1n) is 11.1. The maximum atomic E-state index is 13.1. The Morgan fingerprint density at radius 1 is 0.935 bits per heavy atom. The molecular formula is C25H32ClNO4. The predicted octanol–water partition coefficient (Wildman–Crippen LogP) is 5.78. The summed E-state index contributed by atoms with van der Waals surface area (Å²) in [7, 11) is 0. The average molecular weight is 446 g/mol. The largest absolute Gasteiger partial charge is 0.490 e. The molecule has 5 nitrogen and oxygen atoms in total. The molecule has 0 atom stereocenters. The van der Waals surface area contributed by atoms with Gasteiger partial charge in [-0.3, -0.25) is 4.79 Å². The molecule has 31 heavy (non-hydrogen) atoms. The van der Waals surface area contributed by atoms with E-state index in [1.54, 1.807) is 12.1 Å². The molecule has 2 aromatic carbocycles. The Hall–Kier alpha value is -2.40.